The van der Waals surface area contributed by atoms with Crippen molar-refractivity contribution in [2.24, 2.45) is 0 Å². The van der Waals surface area contributed by atoms with Crippen LogP contribution in [-0.2, 0) is 11.2 Å². The minimum atomic E-state index is -0.105. The molecule has 140 valence electrons. The van der Waals surface area contributed by atoms with Gasteiger partial charge in [0.05, 0.1) is 11.9 Å². The van der Waals surface area contributed by atoms with Gasteiger partial charge in [-0.05, 0) is 29.7 Å². The summed E-state index contributed by atoms with van der Waals surface area (Å²) in [5.41, 5.74) is 3.11. The third-order valence-electron chi connectivity index (χ3n) is 4.48. The first-order valence-electron chi connectivity index (χ1n) is 9.16. The fourth-order valence-corrected chi connectivity index (χ4v) is 4.05. The van der Waals surface area contributed by atoms with Crippen LogP contribution in [0.1, 0.15) is 12.5 Å². The maximum absolute atomic E-state index is 12.4. The van der Waals surface area contributed by atoms with E-state index in [1.807, 2.05) is 42.5 Å². The van der Waals surface area contributed by atoms with Gasteiger partial charge in [-0.15, -0.1) is 11.3 Å². The molecule has 0 radical (unpaired) electrons. The highest BCUT2D eigenvalue weighted by molar-refractivity contribution is 7.21. The van der Waals surface area contributed by atoms with Crippen LogP contribution in [0.2, 0.25) is 0 Å². The van der Waals surface area contributed by atoms with Crippen molar-refractivity contribution in [3.05, 3.63) is 72.6 Å². The van der Waals surface area contributed by atoms with Crippen molar-refractivity contribution in [2.75, 3.05) is 17.2 Å². The average molecular weight is 388 g/mol. The molecule has 0 aliphatic carbocycles. The molecule has 0 bridgehead atoms. The molecule has 4 rings (SSSR count). The SMILES string of the molecule is CCc1ccccc1NC(=O)CNc1ncnc2sc(-c3ccccc3)cc12. The standard InChI is InChI=1S/C22H20N4OS/c1-2-15-8-6-7-11-18(15)26-20(27)13-23-21-17-12-19(16-9-4-3-5-10-16)28-22(17)25-14-24-21/h3-12,14H,2,13H2,1H3,(H,26,27)(H,23,24,25). The molecule has 0 fully saturated rings. The van der Waals surface area contributed by atoms with Gasteiger partial charge in [-0.25, -0.2) is 9.97 Å². The predicted molar refractivity (Wildman–Crippen MR) is 116 cm³/mol. The van der Waals surface area contributed by atoms with Gasteiger partial charge in [-0.1, -0.05) is 55.5 Å². The quantitative estimate of drug-likeness (QED) is 0.489. The lowest BCUT2D eigenvalue weighted by Crippen LogP contribution is -2.22. The number of fused-ring (bicyclic) bond motifs is 1. The molecule has 5 nitrogen and oxygen atoms in total. The number of nitrogens with one attached hydrogen (secondary N) is 2. The van der Waals surface area contributed by atoms with Crippen LogP contribution in [0, 0.1) is 0 Å². The van der Waals surface area contributed by atoms with Gasteiger partial charge < -0.3 is 10.6 Å². The molecule has 4 aromatic rings. The van der Waals surface area contributed by atoms with Crippen LogP contribution >= 0.6 is 11.3 Å². The molecule has 2 heterocycles. The predicted octanol–water partition coefficient (Wildman–Crippen LogP) is 4.97. The average Bonchev–Trinajstić information content (AvgIpc) is 3.18. The molecule has 0 unspecified atom stereocenters. The number of hydrogen-bond donors (Lipinski definition) is 2. The molecule has 0 saturated heterocycles. The van der Waals surface area contributed by atoms with E-state index >= 15 is 0 Å². The molecular formula is C22H20N4OS. The van der Waals surface area contributed by atoms with Gasteiger partial charge in [0.25, 0.3) is 0 Å². The number of amides is 1. The van der Waals surface area contributed by atoms with Crippen molar-refractivity contribution >= 4 is 39.0 Å². The number of carbonyl (C=O) groups is 1. The van der Waals surface area contributed by atoms with Crippen LogP contribution < -0.4 is 10.6 Å². The molecule has 0 aliphatic rings. The Bertz CT molecular complexity index is 1110. The molecule has 1 amide bonds. The second kappa shape index (κ2) is 8.19. The second-order valence-electron chi connectivity index (χ2n) is 6.33. The Labute approximate surface area is 167 Å². The zero-order valence-electron chi connectivity index (χ0n) is 15.5. The van der Waals surface area contributed by atoms with E-state index in [-0.39, 0.29) is 12.5 Å². The molecule has 2 aromatic heterocycles. The monoisotopic (exact) mass is 388 g/mol. The molecule has 0 atom stereocenters. The van der Waals surface area contributed by atoms with E-state index in [1.165, 1.54) is 6.33 Å². The van der Waals surface area contributed by atoms with Crippen molar-refractivity contribution in [1.82, 2.24) is 9.97 Å². The summed E-state index contributed by atoms with van der Waals surface area (Å²) in [7, 11) is 0. The summed E-state index contributed by atoms with van der Waals surface area (Å²) >= 11 is 1.61. The van der Waals surface area contributed by atoms with Crippen LogP contribution in [0.25, 0.3) is 20.7 Å². The summed E-state index contributed by atoms with van der Waals surface area (Å²) in [6, 6.07) is 20.1. The van der Waals surface area contributed by atoms with E-state index in [0.29, 0.717) is 5.82 Å². The van der Waals surface area contributed by atoms with Gasteiger partial charge >= 0.3 is 0 Å². The van der Waals surface area contributed by atoms with Crippen molar-refractivity contribution in [1.29, 1.82) is 0 Å². The molecule has 2 aromatic carbocycles. The first-order valence-corrected chi connectivity index (χ1v) is 9.98. The molecule has 28 heavy (non-hydrogen) atoms. The Balaban J connectivity index is 1.50. The van der Waals surface area contributed by atoms with Crippen molar-refractivity contribution in [3.8, 4) is 10.4 Å². The lowest BCUT2D eigenvalue weighted by Gasteiger charge is -2.10. The van der Waals surface area contributed by atoms with E-state index in [1.54, 1.807) is 11.3 Å². The Morgan fingerprint density at radius 1 is 1.04 bits per heavy atom. The minimum Gasteiger partial charge on any atom is -0.360 e. The van der Waals surface area contributed by atoms with Crippen LogP contribution in [0.15, 0.2) is 67.0 Å². The van der Waals surface area contributed by atoms with Gasteiger partial charge in [0.15, 0.2) is 0 Å². The number of aryl methyl sites for hydroxylation is 1. The Morgan fingerprint density at radius 2 is 1.82 bits per heavy atom. The lowest BCUT2D eigenvalue weighted by atomic mass is 10.1. The molecular weight excluding hydrogens is 368 g/mol. The highest BCUT2D eigenvalue weighted by Crippen LogP contribution is 2.34. The topological polar surface area (TPSA) is 66.9 Å². The van der Waals surface area contributed by atoms with Crippen molar-refractivity contribution in [2.45, 2.75) is 13.3 Å². The number of para-hydroxylation sites is 1. The second-order valence-corrected chi connectivity index (χ2v) is 7.36. The summed E-state index contributed by atoms with van der Waals surface area (Å²) in [6.45, 7) is 2.21. The highest BCUT2D eigenvalue weighted by Gasteiger charge is 2.11. The number of aromatic nitrogens is 2. The first kappa shape index (κ1) is 18.1. The van der Waals surface area contributed by atoms with Gasteiger partial charge in [0.2, 0.25) is 5.91 Å². The summed E-state index contributed by atoms with van der Waals surface area (Å²) in [4.78, 5) is 23.1. The Hall–Kier alpha value is -3.25. The fraction of sp³-hybridized carbons (Fsp3) is 0.136. The summed E-state index contributed by atoms with van der Waals surface area (Å²) < 4.78 is 0. The van der Waals surface area contributed by atoms with E-state index in [4.69, 9.17) is 0 Å². The molecule has 0 aliphatic heterocycles. The number of thiophene rings is 1. The smallest absolute Gasteiger partial charge is 0.243 e. The number of hydrogen-bond acceptors (Lipinski definition) is 5. The van der Waals surface area contributed by atoms with Crippen molar-refractivity contribution in [3.63, 3.8) is 0 Å². The third kappa shape index (κ3) is 3.87. The molecule has 2 N–H and O–H groups in total. The zero-order valence-corrected chi connectivity index (χ0v) is 16.3. The Morgan fingerprint density at radius 3 is 2.64 bits per heavy atom. The first-order chi connectivity index (χ1) is 13.7. The maximum atomic E-state index is 12.4. The number of benzene rings is 2. The summed E-state index contributed by atoms with van der Waals surface area (Å²) in [5.74, 6) is 0.563. The van der Waals surface area contributed by atoms with E-state index < -0.39 is 0 Å². The van der Waals surface area contributed by atoms with Crippen LogP contribution in [-0.4, -0.2) is 22.4 Å². The van der Waals surface area contributed by atoms with E-state index in [2.05, 4.69) is 45.7 Å². The minimum absolute atomic E-state index is 0.105. The van der Waals surface area contributed by atoms with Gasteiger partial charge in [-0.2, -0.15) is 0 Å². The maximum Gasteiger partial charge on any atom is 0.243 e. The van der Waals surface area contributed by atoms with Gasteiger partial charge in [0.1, 0.15) is 17.0 Å². The molecule has 0 saturated carbocycles. The molecule has 0 spiro atoms. The highest BCUT2D eigenvalue weighted by atomic mass is 32.1. The zero-order chi connectivity index (χ0) is 19.3. The fourth-order valence-electron chi connectivity index (χ4n) is 3.05. The summed E-state index contributed by atoms with van der Waals surface area (Å²) in [5, 5.41) is 7.05. The lowest BCUT2D eigenvalue weighted by molar-refractivity contribution is -0.114. The normalized spacial score (nSPS) is 10.8. The number of anilines is 2. The largest absolute Gasteiger partial charge is 0.360 e. The summed E-state index contributed by atoms with van der Waals surface area (Å²) in [6.07, 6.45) is 2.40. The van der Waals surface area contributed by atoms with E-state index in [9.17, 15) is 4.79 Å². The number of rotatable bonds is 6. The molecule has 6 heteroatoms. The van der Waals surface area contributed by atoms with Crippen LogP contribution in [0.3, 0.4) is 0 Å². The van der Waals surface area contributed by atoms with Crippen LogP contribution in [0.4, 0.5) is 11.5 Å². The van der Waals surface area contributed by atoms with Crippen LogP contribution in [0.5, 0.6) is 0 Å². The number of carbonyl (C=O) groups excluding carboxylic acids is 1. The van der Waals surface area contributed by atoms with Gasteiger partial charge in [-0.3, -0.25) is 4.79 Å². The van der Waals surface area contributed by atoms with E-state index in [0.717, 1.165) is 38.3 Å². The van der Waals surface area contributed by atoms with Crippen molar-refractivity contribution < 1.29 is 4.79 Å². The van der Waals surface area contributed by atoms with Gasteiger partial charge in [0, 0.05) is 10.6 Å². The number of nitrogens with zero attached hydrogens (tertiary/aromatic N) is 2. The third-order valence-corrected chi connectivity index (χ3v) is 5.57. The Kier molecular flexibility index (Phi) is 5.30.